The van der Waals surface area contributed by atoms with Crippen LogP contribution in [0.3, 0.4) is 0 Å². The predicted octanol–water partition coefficient (Wildman–Crippen LogP) is 4.47. The second-order valence-electron chi connectivity index (χ2n) is 13.2. The number of nitrogens with one attached hydrogen (secondary N) is 3. The van der Waals surface area contributed by atoms with Gasteiger partial charge < -0.3 is 25.8 Å². The Morgan fingerprint density at radius 3 is 2.00 bits per heavy atom. The van der Waals surface area contributed by atoms with Gasteiger partial charge in [0.2, 0.25) is 23.6 Å². The summed E-state index contributed by atoms with van der Waals surface area (Å²) in [6.07, 6.45) is 3.58. The molecule has 3 aromatic rings. The Balaban J connectivity index is 1.53. The molecule has 0 aliphatic carbocycles. The molecule has 4 rings (SSSR count). The average molecular weight is 638 g/mol. The number of rotatable bonds is 12. The zero-order valence-electron chi connectivity index (χ0n) is 28.2. The summed E-state index contributed by atoms with van der Waals surface area (Å²) in [4.78, 5) is 56.7. The van der Waals surface area contributed by atoms with Crippen molar-refractivity contribution < 1.29 is 19.2 Å². The lowest BCUT2D eigenvalue weighted by Crippen LogP contribution is -2.58. The Bertz CT molecular complexity index is 1550. The standard InChI is InChI=1S/C38H47N5O4/c1-26(29-13-9-7-10-14-29)25-42-21-22-43(33(44)24-40-36(46)34(38(3,4)5)41-35(45)27(2)39-6)32(37(42)47)23-28-17-19-31(20-18-28)30-15-11-8-12-16-30/h7-22,26-27,32,34,39H,23-25H2,1-6H3,(H,40,46)(H,41,45)/t26-,27+,32+,34-/m1/s1. The lowest BCUT2D eigenvalue weighted by Gasteiger charge is -2.37. The van der Waals surface area contributed by atoms with Gasteiger partial charge in [-0.05, 0) is 47.6 Å². The fourth-order valence-electron chi connectivity index (χ4n) is 5.53. The van der Waals surface area contributed by atoms with Gasteiger partial charge in [-0.1, -0.05) is 113 Å². The summed E-state index contributed by atoms with van der Waals surface area (Å²) in [7, 11) is 1.67. The fraction of sp³-hybridized carbons (Fsp3) is 0.368. The van der Waals surface area contributed by atoms with Crippen LogP contribution in [0.2, 0.25) is 0 Å². The lowest BCUT2D eigenvalue weighted by molar-refractivity contribution is -0.143. The van der Waals surface area contributed by atoms with Gasteiger partial charge in [-0.15, -0.1) is 0 Å². The summed E-state index contributed by atoms with van der Waals surface area (Å²) >= 11 is 0. The van der Waals surface area contributed by atoms with E-state index in [-0.39, 0.29) is 24.3 Å². The van der Waals surface area contributed by atoms with Gasteiger partial charge >= 0.3 is 0 Å². The van der Waals surface area contributed by atoms with E-state index in [2.05, 4.69) is 22.9 Å². The van der Waals surface area contributed by atoms with Crippen LogP contribution < -0.4 is 16.0 Å². The highest BCUT2D eigenvalue weighted by atomic mass is 16.2. The van der Waals surface area contributed by atoms with Crippen molar-refractivity contribution in [1.82, 2.24) is 25.8 Å². The van der Waals surface area contributed by atoms with Gasteiger partial charge in [0.1, 0.15) is 12.1 Å². The smallest absolute Gasteiger partial charge is 0.250 e. The van der Waals surface area contributed by atoms with Crippen LogP contribution in [0.15, 0.2) is 97.3 Å². The third kappa shape index (κ3) is 9.16. The summed E-state index contributed by atoms with van der Waals surface area (Å²) in [5.74, 6) is -1.33. The normalized spacial score (nSPS) is 16.7. The van der Waals surface area contributed by atoms with E-state index in [1.165, 1.54) is 4.90 Å². The number of benzene rings is 3. The van der Waals surface area contributed by atoms with E-state index in [1.807, 2.05) is 106 Å². The molecule has 1 aliphatic rings. The Labute approximate surface area is 278 Å². The molecular weight excluding hydrogens is 590 g/mol. The van der Waals surface area contributed by atoms with Crippen LogP contribution in [0.25, 0.3) is 11.1 Å². The summed E-state index contributed by atoms with van der Waals surface area (Å²) in [6.45, 7) is 9.44. The van der Waals surface area contributed by atoms with E-state index in [0.717, 1.165) is 22.3 Å². The van der Waals surface area contributed by atoms with Gasteiger partial charge in [-0.2, -0.15) is 0 Å². The number of carbonyl (C=O) groups is 4. The molecule has 0 saturated heterocycles. The number of amides is 4. The Kier molecular flexibility index (Phi) is 11.7. The number of hydrogen-bond acceptors (Lipinski definition) is 5. The van der Waals surface area contributed by atoms with Crippen molar-refractivity contribution in [3.05, 3.63) is 108 Å². The summed E-state index contributed by atoms with van der Waals surface area (Å²) in [5, 5.41) is 8.38. The Hall–Kier alpha value is -4.76. The number of likely N-dealkylation sites (N-methyl/N-ethyl adjacent to an activating group) is 1. The molecule has 0 fully saturated rings. The molecule has 1 heterocycles. The molecule has 0 unspecified atom stereocenters. The number of hydrogen-bond donors (Lipinski definition) is 3. The van der Waals surface area contributed by atoms with Crippen molar-refractivity contribution in [2.24, 2.45) is 5.41 Å². The van der Waals surface area contributed by atoms with Crippen molar-refractivity contribution >= 4 is 23.6 Å². The van der Waals surface area contributed by atoms with Crippen molar-refractivity contribution in [2.75, 3.05) is 20.1 Å². The zero-order chi connectivity index (χ0) is 34.1. The molecule has 0 aromatic heterocycles. The highest BCUT2D eigenvalue weighted by Gasteiger charge is 2.37. The van der Waals surface area contributed by atoms with Crippen LogP contribution in [-0.2, 0) is 25.6 Å². The fourth-order valence-corrected chi connectivity index (χ4v) is 5.53. The number of nitrogens with zero attached hydrogens (tertiary/aromatic N) is 2. The molecule has 47 heavy (non-hydrogen) atoms. The van der Waals surface area contributed by atoms with Crippen molar-refractivity contribution in [3.8, 4) is 11.1 Å². The van der Waals surface area contributed by atoms with E-state index < -0.39 is 35.4 Å². The van der Waals surface area contributed by atoms with Gasteiger partial charge in [0.25, 0.3) is 0 Å². The zero-order valence-corrected chi connectivity index (χ0v) is 28.2. The van der Waals surface area contributed by atoms with Crippen molar-refractivity contribution in [2.45, 2.75) is 65.1 Å². The molecular formula is C38H47N5O4. The molecule has 0 saturated carbocycles. The van der Waals surface area contributed by atoms with Crippen LogP contribution in [0.5, 0.6) is 0 Å². The summed E-state index contributed by atoms with van der Waals surface area (Å²) in [6, 6.07) is 25.9. The third-order valence-corrected chi connectivity index (χ3v) is 8.58. The van der Waals surface area contributed by atoms with Gasteiger partial charge in [-0.25, -0.2) is 0 Å². The first-order valence-corrected chi connectivity index (χ1v) is 16.1. The minimum absolute atomic E-state index is 0.0762. The monoisotopic (exact) mass is 637 g/mol. The SMILES string of the molecule is CN[C@@H](C)C(=O)N[C@H](C(=O)NCC(=O)N1C=CN(C[C@@H](C)c2ccccc2)C(=O)[C@@H]1Cc1ccc(-c2ccccc2)cc1)C(C)(C)C. The maximum absolute atomic E-state index is 14.0. The second-order valence-corrected chi connectivity index (χ2v) is 13.2. The highest BCUT2D eigenvalue weighted by Crippen LogP contribution is 2.25. The minimum Gasteiger partial charge on any atom is -0.345 e. The van der Waals surface area contributed by atoms with Gasteiger partial charge in [0.05, 0.1) is 12.6 Å². The van der Waals surface area contributed by atoms with Gasteiger partial charge in [0, 0.05) is 25.4 Å². The minimum atomic E-state index is -0.869. The molecule has 3 N–H and O–H groups in total. The predicted molar refractivity (Wildman–Crippen MR) is 185 cm³/mol. The van der Waals surface area contributed by atoms with Crippen LogP contribution in [-0.4, -0.2) is 71.7 Å². The van der Waals surface area contributed by atoms with E-state index in [1.54, 1.807) is 31.3 Å². The van der Waals surface area contributed by atoms with Crippen LogP contribution in [0, 0.1) is 5.41 Å². The third-order valence-electron chi connectivity index (χ3n) is 8.58. The molecule has 9 nitrogen and oxygen atoms in total. The van der Waals surface area contributed by atoms with Gasteiger partial charge in [0.15, 0.2) is 0 Å². The van der Waals surface area contributed by atoms with E-state index >= 15 is 0 Å². The molecule has 1 aliphatic heterocycles. The van der Waals surface area contributed by atoms with E-state index in [4.69, 9.17) is 0 Å². The quantitative estimate of drug-likeness (QED) is 0.272. The van der Waals surface area contributed by atoms with Crippen LogP contribution >= 0.6 is 0 Å². The van der Waals surface area contributed by atoms with Gasteiger partial charge in [-0.3, -0.25) is 19.2 Å². The van der Waals surface area contributed by atoms with E-state index in [0.29, 0.717) is 13.0 Å². The first kappa shape index (κ1) is 35.1. The largest absolute Gasteiger partial charge is 0.345 e. The molecule has 4 atom stereocenters. The van der Waals surface area contributed by atoms with E-state index in [9.17, 15) is 19.2 Å². The molecule has 0 radical (unpaired) electrons. The van der Waals surface area contributed by atoms with Crippen molar-refractivity contribution in [1.29, 1.82) is 0 Å². The summed E-state index contributed by atoms with van der Waals surface area (Å²) in [5.41, 5.74) is 3.57. The molecule has 248 valence electrons. The highest BCUT2D eigenvalue weighted by molar-refractivity contribution is 5.94. The molecule has 0 bridgehead atoms. The molecule has 0 spiro atoms. The van der Waals surface area contributed by atoms with Crippen LogP contribution in [0.4, 0.5) is 0 Å². The average Bonchev–Trinajstić information content (AvgIpc) is 3.07. The maximum Gasteiger partial charge on any atom is 0.250 e. The summed E-state index contributed by atoms with van der Waals surface area (Å²) < 4.78 is 0. The Morgan fingerprint density at radius 2 is 1.40 bits per heavy atom. The maximum atomic E-state index is 14.0. The molecule has 3 aromatic carbocycles. The lowest BCUT2D eigenvalue weighted by atomic mass is 9.86. The first-order chi connectivity index (χ1) is 22.4. The molecule has 9 heteroatoms. The topological polar surface area (TPSA) is 111 Å². The van der Waals surface area contributed by atoms with Crippen LogP contribution in [0.1, 0.15) is 51.7 Å². The molecule has 4 amide bonds. The second kappa shape index (κ2) is 15.7. The number of carbonyl (C=O) groups excluding carboxylic acids is 4. The first-order valence-electron chi connectivity index (χ1n) is 16.1. The van der Waals surface area contributed by atoms with Crippen molar-refractivity contribution in [3.63, 3.8) is 0 Å². The Morgan fingerprint density at radius 1 is 0.809 bits per heavy atom.